The SMILES string of the molecule is O=C(NCc1ccccc1F)N1CCN(S(=O)(=O)c2cc(Cl)ccc2Cl)CC1. The molecule has 0 aromatic heterocycles. The molecule has 1 heterocycles. The highest BCUT2D eigenvalue weighted by molar-refractivity contribution is 7.89. The van der Waals surface area contributed by atoms with E-state index in [1.54, 1.807) is 18.2 Å². The molecule has 6 nitrogen and oxygen atoms in total. The average molecular weight is 446 g/mol. The summed E-state index contributed by atoms with van der Waals surface area (Å²) in [6.07, 6.45) is 0. The van der Waals surface area contributed by atoms with Crippen molar-refractivity contribution in [3.05, 3.63) is 63.9 Å². The second-order valence-corrected chi connectivity index (χ2v) is 8.97. The van der Waals surface area contributed by atoms with Crippen molar-refractivity contribution in [2.45, 2.75) is 11.4 Å². The highest BCUT2D eigenvalue weighted by Crippen LogP contribution is 2.28. The summed E-state index contributed by atoms with van der Waals surface area (Å²) in [5, 5.41) is 3.02. The van der Waals surface area contributed by atoms with Crippen LogP contribution in [0.2, 0.25) is 10.0 Å². The molecule has 150 valence electrons. The lowest BCUT2D eigenvalue weighted by atomic mass is 10.2. The first-order chi connectivity index (χ1) is 13.3. The Labute approximate surface area is 172 Å². The smallest absolute Gasteiger partial charge is 0.317 e. The molecule has 1 aliphatic heterocycles. The van der Waals surface area contributed by atoms with Crippen LogP contribution in [0.1, 0.15) is 5.56 Å². The molecule has 0 bridgehead atoms. The molecule has 0 radical (unpaired) electrons. The Morgan fingerprint density at radius 2 is 1.75 bits per heavy atom. The Balaban J connectivity index is 1.60. The molecule has 1 aliphatic rings. The molecular formula is C18H18Cl2FN3O3S. The van der Waals surface area contributed by atoms with E-state index in [1.165, 1.54) is 33.5 Å². The number of nitrogens with one attached hydrogen (secondary N) is 1. The van der Waals surface area contributed by atoms with Gasteiger partial charge in [-0.25, -0.2) is 17.6 Å². The maximum Gasteiger partial charge on any atom is 0.317 e. The summed E-state index contributed by atoms with van der Waals surface area (Å²) in [6.45, 7) is 0.722. The van der Waals surface area contributed by atoms with E-state index in [0.29, 0.717) is 5.56 Å². The van der Waals surface area contributed by atoms with Gasteiger partial charge in [0.15, 0.2) is 0 Å². The Hall–Kier alpha value is -1.87. The molecule has 2 aromatic rings. The zero-order valence-corrected chi connectivity index (χ0v) is 17.1. The molecular weight excluding hydrogens is 428 g/mol. The predicted octanol–water partition coefficient (Wildman–Crippen LogP) is 3.35. The second kappa shape index (κ2) is 8.65. The summed E-state index contributed by atoms with van der Waals surface area (Å²) >= 11 is 11.9. The van der Waals surface area contributed by atoms with Crippen molar-refractivity contribution in [1.82, 2.24) is 14.5 Å². The third kappa shape index (κ3) is 4.57. The molecule has 3 rings (SSSR count). The van der Waals surface area contributed by atoms with Gasteiger partial charge >= 0.3 is 6.03 Å². The van der Waals surface area contributed by atoms with E-state index in [2.05, 4.69) is 5.32 Å². The van der Waals surface area contributed by atoms with Crippen LogP contribution in [0.15, 0.2) is 47.4 Å². The van der Waals surface area contributed by atoms with Crippen molar-refractivity contribution >= 4 is 39.3 Å². The minimum Gasteiger partial charge on any atom is -0.334 e. The van der Waals surface area contributed by atoms with Crippen LogP contribution in [-0.4, -0.2) is 49.8 Å². The van der Waals surface area contributed by atoms with Gasteiger partial charge < -0.3 is 10.2 Å². The Morgan fingerprint density at radius 1 is 1.07 bits per heavy atom. The lowest BCUT2D eigenvalue weighted by molar-refractivity contribution is 0.172. The quantitative estimate of drug-likeness (QED) is 0.784. The summed E-state index contributed by atoms with van der Waals surface area (Å²) in [4.78, 5) is 13.7. The molecule has 2 aromatic carbocycles. The molecule has 0 aliphatic carbocycles. The van der Waals surface area contributed by atoms with Crippen LogP contribution in [0.5, 0.6) is 0 Å². The highest BCUT2D eigenvalue weighted by atomic mass is 35.5. The number of hydrogen-bond acceptors (Lipinski definition) is 3. The lowest BCUT2D eigenvalue weighted by Gasteiger charge is -2.34. The van der Waals surface area contributed by atoms with Gasteiger partial charge in [0, 0.05) is 43.3 Å². The van der Waals surface area contributed by atoms with Crippen molar-refractivity contribution in [2.75, 3.05) is 26.2 Å². The van der Waals surface area contributed by atoms with E-state index in [-0.39, 0.29) is 53.7 Å². The molecule has 28 heavy (non-hydrogen) atoms. The van der Waals surface area contributed by atoms with E-state index in [4.69, 9.17) is 23.2 Å². The van der Waals surface area contributed by atoms with Crippen molar-refractivity contribution in [1.29, 1.82) is 0 Å². The molecule has 0 atom stereocenters. The average Bonchev–Trinajstić information content (AvgIpc) is 2.69. The maximum atomic E-state index is 13.6. The van der Waals surface area contributed by atoms with Gasteiger partial charge in [0.1, 0.15) is 10.7 Å². The largest absolute Gasteiger partial charge is 0.334 e. The third-order valence-corrected chi connectivity index (χ3v) is 7.04. The monoisotopic (exact) mass is 445 g/mol. The predicted molar refractivity (Wildman–Crippen MR) is 105 cm³/mol. The number of amides is 2. The first-order valence-electron chi connectivity index (χ1n) is 8.50. The molecule has 0 unspecified atom stereocenters. The van der Waals surface area contributed by atoms with Gasteiger partial charge in [-0.1, -0.05) is 41.4 Å². The first-order valence-corrected chi connectivity index (χ1v) is 10.7. The van der Waals surface area contributed by atoms with E-state index in [0.717, 1.165) is 0 Å². The fourth-order valence-corrected chi connectivity index (χ4v) is 5.03. The van der Waals surface area contributed by atoms with Crippen molar-refractivity contribution in [3.8, 4) is 0 Å². The lowest BCUT2D eigenvalue weighted by Crippen LogP contribution is -2.53. The Kier molecular flexibility index (Phi) is 6.44. The van der Waals surface area contributed by atoms with Crippen LogP contribution in [-0.2, 0) is 16.6 Å². The molecule has 2 amide bonds. The molecule has 1 fully saturated rings. The number of carbonyl (C=O) groups excluding carboxylic acids is 1. The van der Waals surface area contributed by atoms with E-state index < -0.39 is 15.8 Å². The van der Waals surface area contributed by atoms with Gasteiger partial charge in [0.25, 0.3) is 0 Å². The van der Waals surface area contributed by atoms with Crippen LogP contribution in [0.25, 0.3) is 0 Å². The van der Waals surface area contributed by atoms with Gasteiger partial charge in [-0.3, -0.25) is 0 Å². The number of halogens is 3. The van der Waals surface area contributed by atoms with Crippen molar-refractivity contribution in [3.63, 3.8) is 0 Å². The first kappa shape index (κ1) is 20.9. The summed E-state index contributed by atoms with van der Waals surface area (Å²) in [7, 11) is -3.82. The maximum absolute atomic E-state index is 13.6. The summed E-state index contributed by atoms with van der Waals surface area (Å²) in [5.74, 6) is -0.392. The highest BCUT2D eigenvalue weighted by Gasteiger charge is 2.31. The molecule has 0 saturated carbocycles. The Bertz CT molecular complexity index is 980. The third-order valence-electron chi connectivity index (χ3n) is 4.42. The van der Waals surface area contributed by atoms with Gasteiger partial charge in [0.05, 0.1) is 5.02 Å². The number of hydrogen-bond donors (Lipinski definition) is 1. The van der Waals surface area contributed by atoms with Crippen molar-refractivity contribution < 1.29 is 17.6 Å². The van der Waals surface area contributed by atoms with Gasteiger partial charge in [0.2, 0.25) is 10.0 Å². The second-order valence-electron chi connectivity index (χ2n) is 6.22. The number of nitrogens with zero attached hydrogens (tertiary/aromatic N) is 2. The minimum absolute atomic E-state index is 0.0564. The minimum atomic E-state index is -3.82. The standard InChI is InChI=1S/C18H18Cl2FN3O3S/c19-14-5-6-15(20)17(11-14)28(26,27)24-9-7-23(8-10-24)18(25)22-12-13-3-1-2-4-16(13)21/h1-6,11H,7-10,12H2,(H,22,25). The van der Waals surface area contributed by atoms with Crippen LogP contribution in [0.3, 0.4) is 0 Å². The van der Waals surface area contributed by atoms with Crippen LogP contribution >= 0.6 is 23.2 Å². The van der Waals surface area contributed by atoms with E-state index in [1.807, 2.05) is 0 Å². The number of rotatable bonds is 4. The number of urea groups is 1. The number of benzene rings is 2. The Morgan fingerprint density at radius 3 is 2.43 bits per heavy atom. The van der Waals surface area contributed by atoms with Crippen LogP contribution in [0.4, 0.5) is 9.18 Å². The van der Waals surface area contributed by atoms with Gasteiger partial charge in [-0.15, -0.1) is 0 Å². The van der Waals surface area contributed by atoms with Crippen LogP contribution in [0, 0.1) is 5.82 Å². The molecule has 0 spiro atoms. The van der Waals surface area contributed by atoms with E-state index in [9.17, 15) is 17.6 Å². The van der Waals surface area contributed by atoms with Crippen molar-refractivity contribution in [2.24, 2.45) is 0 Å². The van der Waals surface area contributed by atoms with E-state index >= 15 is 0 Å². The summed E-state index contributed by atoms with van der Waals surface area (Å²) in [6, 6.07) is 10.1. The van der Waals surface area contributed by atoms with Gasteiger partial charge in [-0.2, -0.15) is 4.31 Å². The zero-order chi connectivity index (χ0) is 20.3. The van der Waals surface area contributed by atoms with Gasteiger partial charge in [-0.05, 0) is 24.3 Å². The fourth-order valence-electron chi connectivity index (χ4n) is 2.87. The number of carbonyl (C=O) groups is 1. The van der Waals surface area contributed by atoms with Crippen LogP contribution < -0.4 is 5.32 Å². The summed E-state index contributed by atoms with van der Waals surface area (Å²) < 4.78 is 40.5. The molecule has 1 N–H and O–H groups in total. The number of sulfonamides is 1. The zero-order valence-electron chi connectivity index (χ0n) is 14.7. The molecule has 1 saturated heterocycles. The number of piperazine rings is 1. The summed E-state index contributed by atoms with van der Waals surface area (Å²) in [5.41, 5.74) is 0.382. The normalized spacial score (nSPS) is 15.5. The topological polar surface area (TPSA) is 69.7 Å². The molecule has 10 heteroatoms. The fraction of sp³-hybridized carbons (Fsp3) is 0.278.